The summed E-state index contributed by atoms with van der Waals surface area (Å²) in [6.07, 6.45) is 1.99. The zero-order valence-corrected chi connectivity index (χ0v) is 9.03. The second kappa shape index (κ2) is 5.29. The Morgan fingerprint density at radius 2 is 2.27 bits per heavy atom. The number of nitrogen functional groups attached to an aromatic ring is 1. The Morgan fingerprint density at radius 1 is 1.53 bits per heavy atom. The molecule has 1 heterocycles. The molecule has 3 N–H and O–H groups in total. The van der Waals surface area contributed by atoms with Crippen LogP contribution in [-0.2, 0) is 0 Å². The molecule has 1 atom stereocenters. The third-order valence-corrected chi connectivity index (χ3v) is 2.02. The maximum absolute atomic E-state index is 11.6. The van der Waals surface area contributed by atoms with E-state index < -0.39 is 0 Å². The molecule has 1 amide bonds. The van der Waals surface area contributed by atoms with E-state index >= 15 is 0 Å². The van der Waals surface area contributed by atoms with Gasteiger partial charge in [-0.05, 0) is 25.5 Å². The first-order chi connectivity index (χ1) is 7.13. The van der Waals surface area contributed by atoms with Crippen LogP contribution in [0.2, 0.25) is 0 Å². The summed E-state index contributed by atoms with van der Waals surface area (Å²) >= 11 is 0. The number of nitrogens with zero attached hydrogens (tertiary/aromatic N) is 2. The second-order valence-electron chi connectivity index (χ2n) is 3.51. The summed E-state index contributed by atoms with van der Waals surface area (Å²) < 4.78 is 0. The van der Waals surface area contributed by atoms with Crippen LogP contribution >= 0.6 is 0 Å². The molecule has 0 aliphatic carbocycles. The fourth-order valence-corrected chi connectivity index (χ4v) is 1.27. The summed E-state index contributed by atoms with van der Waals surface area (Å²) in [5.74, 6) is 0.108. The Morgan fingerprint density at radius 3 is 2.80 bits per heavy atom. The molecule has 0 saturated carbocycles. The number of anilines is 1. The van der Waals surface area contributed by atoms with Gasteiger partial charge in [-0.25, -0.2) is 0 Å². The first kappa shape index (κ1) is 11.4. The molecule has 0 saturated heterocycles. The highest BCUT2D eigenvalue weighted by Gasteiger charge is 2.10. The second-order valence-corrected chi connectivity index (χ2v) is 3.51. The van der Waals surface area contributed by atoms with Crippen LogP contribution in [-0.4, -0.2) is 22.1 Å². The number of hydrogen-bond acceptors (Lipinski definition) is 4. The Kier molecular flexibility index (Phi) is 4.03. The quantitative estimate of drug-likeness (QED) is 0.772. The number of nitrogens with one attached hydrogen (secondary N) is 1. The molecule has 1 aromatic rings. The summed E-state index contributed by atoms with van der Waals surface area (Å²) in [6.45, 7) is 4.04. The number of hydrogen-bond donors (Lipinski definition) is 2. The van der Waals surface area contributed by atoms with Gasteiger partial charge in [-0.3, -0.25) is 4.79 Å². The maximum atomic E-state index is 11.6. The Bertz CT molecular complexity index is 323. The number of carbonyl (C=O) groups is 1. The van der Waals surface area contributed by atoms with Crippen molar-refractivity contribution in [1.82, 2.24) is 15.5 Å². The van der Waals surface area contributed by atoms with Crippen molar-refractivity contribution in [3.8, 4) is 0 Å². The van der Waals surface area contributed by atoms with Crippen LogP contribution in [0.1, 0.15) is 37.2 Å². The first-order valence-electron chi connectivity index (χ1n) is 5.03. The SMILES string of the molecule is CCCC(C)NC(=O)c1ccc(N)nn1. The van der Waals surface area contributed by atoms with Gasteiger partial charge in [-0.2, -0.15) is 0 Å². The summed E-state index contributed by atoms with van der Waals surface area (Å²) in [4.78, 5) is 11.6. The molecule has 1 aromatic heterocycles. The van der Waals surface area contributed by atoms with Gasteiger partial charge >= 0.3 is 0 Å². The standard InChI is InChI=1S/C10H16N4O/c1-3-4-7(2)12-10(15)8-5-6-9(11)14-13-8/h5-7H,3-4H2,1-2H3,(H2,11,14)(H,12,15). The van der Waals surface area contributed by atoms with E-state index in [2.05, 4.69) is 22.4 Å². The first-order valence-corrected chi connectivity index (χ1v) is 5.03. The van der Waals surface area contributed by atoms with Crippen molar-refractivity contribution in [2.75, 3.05) is 5.73 Å². The average molecular weight is 208 g/mol. The van der Waals surface area contributed by atoms with Crippen molar-refractivity contribution in [3.05, 3.63) is 17.8 Å². The predicted molar refractivity (Wildman–Crippen MR) is 58.3 cm³/mol. The van der Waals surface area contributed by atoms with Crippen LogP contribution in [0.15, 0.2) is 12.1 Å². The summed E-state index contributed by atoms with van der Waals surface area (Å²) in [7, 11) is 0. The maximum Gasteiger partial charge on any atom is 0.272 e. The molecular formula is C10H16N4O. The van der Waals surface area contributed by atoms with Crippen molar-refractivity contribution in [3.63, 3.8) is 0 Å². The van der Waals surface area contributed by atoms with E-state index in [-0.39, 0.29) is 11.9 Å². The van der Waals surface area contributed by atoms with Gasteiger partial charge < -0.3 is 11.1 Å². The largest absolute Gasteiger partial charge is 0.382 e. The van der Waals surface area contributed by atoms with Crippen LogP contribution in [0.4, 0.5) is 5.82 Å². The van der Waals surface area contributed by atoms with Crippen LogP contribution in [0, 0.1) is 0 Å². The van der Waals surface area contributed by atoms with Crippen LogP contribution in [0.5, 0.6) is 0 Å². The third-order valence-electron chi connectivity index (χ3n) is 2.02. The zero-order valence-electron chi connectivity index (χ0n) is 9.03. The van der Waals surface area contributed by atoms with E-state index in [9.17, 15) is 4.79 Å². The van der Waals surface area contributed by atoms with E-state index in [1.807, 2.05) is 6.92 Å². The Hall–Kier alpha value is -1.65. The van der Waals surface area contributed by atoms with Gasteiger partial charge in [0.1, 0.15) is 5.82 Å². The number of amides is 1. The fourth-order valence-electron chi connectivity index (χ4n) is 1.27. The molecule has 0 radical (unpaired) electrons. The molecule has 5 nitrogen and oxygen atoms in total. The minimum absolute atomic E-state index is 0.154. The summed E-state index contributed by atoms with van der Waals surface area (Å²) in [5.41, 5.74) is 5.67. The highest BCUT2D eigenvalue weighted by molar-refractivity contribution is 5.92. The van der Waals surface area contributed by atoms with E-state index in [0.717, 1.165) is 12.8 Å². The van der Waals surface area contributed by atoms with Crippen molar-refractivity contribution < 1.29 is 4.79 Å². The molecule has 0 aromatic carbocycles. The van der Waals surface area contributed by atoms with Gasteiger partial charge in [0.15, 0.2) is 5.69 Å². The highest BCUT2D eigenvalue weighted by atomic mass is 16.2. The summed E-state index contributed by atoms with van der Waals surface area (Å²) in [6, 6.07) is 3.28. The van der Waals surface area contributed by atoms with Crippen molar-refractivity contribution in [2.45, 2.75) is 32.7 Å². The molecule has 0 fully saturated rings. The average Bonchev–Trinajstić information content (AvgIpc) is 2.18. The third kappa shape index (κ3) is 3.53. The molecule has 15 heavy (non-hydrogen) atoms. The fraction of sp³-hybridized carbons (Fsp3) is 0.500. The molecule has 0 aliphatic heterocycles. The molecule has 0 spiro atoms. The molecule has 82 valence electrons. The molecule has 0 aliphatic rings. The van der Waals surface area contributed by atoms with Crippen molar-refractivity contribution in [2.24, 2.45) is 0 Å². The van der Waals surface area contributed by atoms with E-state index in [1.54, 1.807) is 12.1 Å². The van der Waals surface area contributed by atoms with Crippen molar-refractivity contribution >= 4 is 11.7 Å². The normalized spacial score (nSPS) is 12.1. The lowest BCUT2D eigenvalue weighted by atomic mass is 10.2. The molecule has 1 rings (SSSR count). The minimum Gasteiger partial charge on any atom is -0.382 e. The van der Waals surface area contributed by atoms with Crippen molar-refractivity contribution in [1.29, 1.82) is 0 Å². The van der Waals surface area contributed by atoms with E-state index in [0.29, 0.717) is 11.5 Å². The molecule has 0 bridgehead atoms. The van der Waals surface area contributed by atoms with Gasteiger partial charge in [0, 0.05) is 6.04 Å². The van der Waals surface area contributed by atoms with Crippen LogP contribution < -0.4 is 11.1 Å². The molecule has 1 unspecified atom stereocenters. The van der Waals surface area contributed by atoms with Gasteiger partial charge in [-0.15, -0.1) is 10.2 Å². The number of rotatable bonds is 4. The van der Waals surface area contributed by atoms with Gasteiger partial charge in [0.2, 0.25) is 0 Å². The highest BCUT2D eigenvalue weighted by Crippen LogP contribution is 2.00. The smallest absolute Gasteiger partial charge is 0.272 e. The lowest BCUT2D eigenvalue weighted by Gasteiger charge is -2.11. The monoisotopic (exact) mass is 208 g/mol. The Balaban J connectivity index is 2.57. The molecule has 5 heteroatoms. The Labute approximate surface area is 89.1 Å². The summed E-state index contributed by atoms with van der Waals surface area (Å²) in [5, 5.41) is 10.2. The van der Waals surface area contributed by atoms with Crippen LogP contribution in [0.25, 0.3) is 0 Å². The minimum atomic E-state index is -0.205. The van der Waals surface area contributed by atoms with E-state index in [4.69, 9.17) is 5.73 Å². The van der Waals surface area contributed by atoms with Gasteiger partial charge in [0.25, 0.3) is 5.91 Å². The van der Waals surface area contributed by atoms with Gasteiger partial charge in [-0.1, -0.05) is 13.3 Å². The lowest BCUT2D eigenvalue weighted by molar-refractivity contribution is 0.0932. The van der Waals surface area contributed by atoms with Crippen LogP contribution in [0.3, 0.4) is 0 Å². The number of aromatic nitrogens is 2. The lowest BCUT2D eigenvalue weighted by Crippen LogP contribution is -2.33. The topological polar surface area (TPSA) is 80.9 Å². The number of nitrogens with two attached hydrogens (primary N) is 1. The van der Waals surface area contributed by atoms with E-state index in [1.165, 1.54) is 0 Å². The number of carbonyl (C=O) groups excluding carboxylic acids is 1. The zero-order chi connectivity index (χ0) is 11.3. The molecular weight excluding hydrogens is 192 g/mol. The van der Waals surface area contributed by atoms with Gasteiger partial charge in [0.05, 0.1) is 0 Å². The predicted octanol–water partition coefficient (Wildman–Crippen LogP) is 0.977.